The van der Waals surface area contributed by atoms with Crippen molar-refractivity contribution < 1.29 is 14.1 Å². The van der Waals surface area contributed by atoms with Gasteiger partial charge in [-0.1, -0.05) is 6.92 Å². The van der Waals surface area contributed by atoms with Gasteiger partial charge in [0.15, 0.2) is 0 Å². The summed E-state index contributed by atoms with van der Waals surface area (Å²) in [5.41, 5.74) is 0.667. The van der Waals surface area contributed by atoms with Gasteiger partial charge in [0.1, 0.15) is 19.0 Å². The van der Waals surface area contributed by atoms with Crippen LogP contribution in [-0.4, -0.2) is 24.7 Å². The Labute approximate surface area is 98.7 Å². The molecule has 0 radical (unpaired) electrons. The molecule has 1 aromatic rings. The number of non-ortho nitro benzene ring substituents is 1. The van der Waals surface area contributed by atoms with E-state index in [2.05, 4.69) is 5.32 Å². The second-order valence-corrected chi connectivity index (χ2v) is 3.37. The summed E-state index contributed by atoms with van der Waals surface area (Å²) < 4.78 is 17.2. The third-order valence-electron chi connectivity index (χ3n) is 2.16. The lowest BCUT2D eigenvalue weighted by molar-refractivity contribution is -0.384. The van der Waals surface area contributed by atoms with Crippen molar-refractivity contribution in [2.24, 2.45) is 0 Å². The highest BCUT2D eigenvalue weighted by molar-refractivity contribution is 5.43. The molecule has 0 amide bonds. The van der Waals surface area contributed by atoms with Crippen LogP contribution in [0.4, 0.5) is 10.1 Å². The van der Waals surface area contributed by atoms with Gasteiger partial charge in [-0.25, -0.2) is 4.39 Å². The zero-order chi connectivity index (χ0) is 12.7. The second-order valence-electron chi connectivity index (χ2n) is 3.37. The minimum Gasteiger partial charge on any atom is -0.491 e. The summed E-state index contributed by atoms with van der Waals surface area (Å²) >= 11 is 0. The van der Waals surface area contributed by atoms with E-state index >= 15 is 0 Å². The lowest BCUT2D eigenvalue weighted by Gasteiger charge is -2.10. The minimum atomic E-state index is -0.586. The Balaban J connectivity index is 2.90. The Morgan fingerprint density at radius 3 is 2.88 bits per heavy atom. The Kier molecular flexibility index (Phi) is 5.35. The Morgan fingerprint density at radius 1 is 1.53 bits per heavy atom. The fraction of sp³-hybridized carbons (Fsp3) is 0.455. The van der Waals surface area contributed by atoms with Gasteiger partial charge in [0.2, 0.25) is 0 Å². The maximum absolute atomic E-state index is 12.0. The van der Waals surface area contributed by atoms with E-state index in [-0.39, 0.29) is 12.3 Å². The van der Waals surface area contributed by atoms with E-state index in [4.69, 9.17) is 4.74 Å². The van der Waals surface area contributed by atoms with Crippen LogP contribution < -0.4 is 10.1 Å². The molecule has 0 fully saturated rings. The molecule has 0 aliphatic rings. The zero-order valence-electron chi connectivity index (χ0n) is 9.61. The van der Waals surface area contributed by atoms with Crippen LogP contribution in [0.2, 0.25) is 0 Å². The highest BCUT2D eigenvalue weighted by atomic mass is 19.1. The molecule has 0 heterocycles. The quantitative estimate of drug-likeness (QED) is 0.587. The molecule has 1 rings (SSSR count). The van der Waals surface area contributed by atoms with Gasteiger partial charge in [-0.05, 0) is 12.6 Å². The SMILES string of the molecule is CCNCc1cc([N+](=O)[O-])ccc1OCCF. The smallest absolute Gasteiger partial charge is 0.270 e. The molecule has 0 atom stereocenters. The highest BCUT2D eigenvalue weighted by Crippen LogP contribution is 2.24. The topological polar surface area (TPSA) is 64.4 Å². The van der Waals surface area contributed by atoms with Gasteiger partial charge in [0.05, 0.1) is 4.92 Å². The normalized spacial score (nSPS) is 10.2. The number of nitro groups is 1. The predicted molar refractivity (Wildman–Crippen MR) is 61.9 cm³/mol. The van der Waals surface area contributed by atoms with E-state index in [1.807, 2.05) is 6.92 Å². The molecule has 0 spiro atoms. The largest absolute Gasteiger partial charge is 0.491 e. The van der Waals surface area contributed by atoms with E-state index in [1.165, 1.54) is 18.2 Å². The van der Waals surface area contributed by atoms with Gasteiger partial charge < -0.3 is 10.1 Å². The number of ether oxygens (including phenoxy) is 1. The molecule has 0 saturated heterocycles. The maximum Gasteiger partial charge on any atom is 0.270 e. The molecule has 0 saturated carbocycles. The van der Waals surface area contributed by atoms with Crippen LogP contribution >= 0.6 is 0 Å². The molecule has 0 aromatic heterocycles. The second kappa shape index (κ2) is 6.80. The fourth-order valence-corrected chi connectivity index (χ4v) is 1.37. The molecule has 0 bridgehead atoms. The van der Waals surface area contributed by atoms with Crippen molar-refractivity contribution in [2.75, 3.05) is 19.8 Å². The van der Waals surface area contributed by atoms with Crippen LogP contribution in [0.3, 0.4) is 0 Å². The summed E-state index contributed by atoms with van der Waals surface area (Å²) in [6.07, 6.45) is 0. The third-order valence-corrected chi connectivity index (χ3v) is 2.16. The van der Waals surface area contributed by atoms with Crippen molar-refractivity contribution in [1.82, 2.24) is 5.32 Å². The lowest BCUT2D eigenvalue weighted by Crippen LogP contribution is -2.13. The summed E-state index contributed by atoms with van der Waals surface area (Å²) in [6, 6.07) is 4.29. The summed E-state index contributed by atoms with van der Waals surface area (Å²) in [4.78, 5) is 10.2. The van der Waals surface area contributed by atoms with Crippen LogP contribution in [0.5, 0.6) is 5.75 Å². The molecular formula is C11H15FN2O3. The number of hydrogen-bond donors (Lipinski definition) is 1. The first-order valence-electron chi connectivity index (χ1n) is 5.35. The monoisotopic (exact) mass is 242 g/mol. The minimum absolute atomic E-state index is 0.00509. The maximum atomic E-state index is 12.0. The number of benzene rings is 1. The van der Waals surface area contributed by atoms with Crippen LogP contribution in [-0.2, 0) is 6.54 Å². The molecule has 17 heavy (non-hydrogen) atoms. The van der Waals surface area contributed by atoms with E-state index in [1.54, 1.807) is 0 Å². The average Bonchev–Trinajstić information content (AvgIpc) is 2.34. The number of nitro benzene ring substituents is 1. The number of nitrogens with zero attached hydrogens (tertiary/aromatic N) is 1. The summed E-state index contributed by atoms with van der Waals surface area (Å²) in [5, 5.41) is 13.7. The molecular weight excluding hydrogens is 227 g/mol. The average molecular weight is 242 g/mol. The molecule has 94 valence electrons. The lowest BCUT2D eigenvalue weighted by atomic mass is 10.1. The van der Waals surface area contributed by atoms with Gasteiger partial charge in [-0.15, -0.1) is 0 Å². The van der Waals surface area contributed by atoms with E-state index < -0.39 is 11.6 Å². The molecule has 6 heteroatoms. The van der Waals surface area contributed by atoms with Gasteiger partial charge >= 0.3 is 0 Å². The predicted octanol–water partition coefficient (Wildman–Crippen LogP) is 2.05. The number of nitrogens with one attached hydrogen (secondary N) is 1. The van der Waals surface area contributed by atoms with Crippen LogP contribution in [0.1, 0.15) is 12.5 Å². The summed E-state index contributed by atoms with van der Waals surface area (Å²) in [7, 11) is 0. The molecule has 0 aliphatic carbocycles. The van der Waals surface area contributed by atoms with Crippen LogP contribution in [0.15, 0.2) is 18.2 Å². The van der Waals surface area contributed by atoms with E-state index in [0.29, 0.717) is 17.9 Å². The molecule has 0 aliphatic heterocycles. The van der Waals surface area contributed by atoms with Crippen LogP contribution in [0, 0.1) is 10.1 Å². The van der Waals surface area contributed by atoms with Crippen molar-refractivity contribution in [2.45, 2.75) is 13.5 Å². The first-order valence-corrected chi connectivity index (χ1v) is 5.35. The number of halogens is 1. The van der Waals surface area contributed by atoms with Crippen molar-refractivity contribution in [3.05, 3.63) is 33.9 Å². The van der Waals surface area contributed by atoms with Crippen molar-refractivity contribution in [3.8, 4) is 5.75 Å². The highest BCUT2D eigenvalue weighted by Gasteiger charge is 2.11. The zero-order valence-corrected chi connectivity index (χ0v) is 9.61. The third kappa shape index (κ3) is 3.99. The summed E-state index contributed by atoms with van der Waals surface area (Å²) in [6.45, 7) is 2.50. The van der Waals surface area contributed by atoms with Gasteiger partial charge in [0, 0.05) is 24.2 Å². The van der Waals surface area contributed by atoms with Crippen LogP contribution in [0.25, 0.3) is 0 Å². The number of alkyl halides is 1. The Morgan fingerprint density at radius 2 is 2.29 bits per heavy atom. The number of rotatable bonds is 7. The van der Waals surface area contributed by atoms with E-state index in [0.717, 1.165) is 6.54 Å². The van der Waals surface area contributed by atoms with Gasteiger partial charge in [-0.3, -0.25) is 10.1 Å². The van der Waals surface area contributed by atoms with Gasteiger partial charge in [0.25, 0.3) is 5.69 Å². The molecule has 5 nitrogen and oxygen atoms in total. The Hall–Kier alpha value is -1.69. The molecule has 1 aromatic carbocycles. The van der Waals surface area contributed by atoms with Gasteiger partial charge in [-0.2, -0.15) is 0 Å². The Bertz CT molecular complexity index is 385. The van der Waals surface area contributed by atoms with Crippen molar-refractivity contribution in [3.63, 3.8) is 0 Å². The molecule has 1 N–H and O–H groups in total. The molecule has 0 unspecified atom stereocenters. The van der Waals surface area contributed by atoms with Crippen molar-refractivity contribution in [1.29, 1.82) is 0 Å². The summed E-state index contributed by atoms with van der Waals surface area (Å²) in [5.74, 6) is 0.481. The van der Waals surface area contributed by atoms with Crippen molar-refractivity contribution >= 4 is 5.69 Å². The standard InChI is InChI=1S/C11H15FN2O3/c1-2-13-8-9-7-10(14(15)16)3-4-11(9)17-6-5-12/h3-4,7,13H,2,5-6,8H2,1H3. The number of hydrogen-bond acceptors (Lipinski definition) is 4. The first kappa shape index (κ1) is 13.4. The first-order chi connectivity index (χ1) is 8.19. The fourth-order valence-electron chi connectivity index (χ4n) is 1.37. The van der Waals surface area contributed by atoms with E-state index in [9.17, 15) is 14.5 Å².